The second-order valence-corrected chi connectivity index (χ2v) is 3.88. The molecule has 1 nitrogen and oxygen atoms in total. The summed E-state index contributed by atoms with van der Waals surface area (Å²) >= 11 is 3.46. The number of hydrogen-bond acceptors (Lipinski definition) is 1. The third kappa shape index (κ3) is 2.95. The molecule has 1 aromatic carbocycles. The van der Waals surface area contributed by atoms with Crippen LogP contribution in [0, 0.1) is 0 Å². The van der Waals surface area contributed by atoms with E-state index in [1.165, 1.54) is 5.56 Å². The smallest absolute Gasteiger partial charge is 0.0230 e. The maximum atomic E-state index is 3.46. The maximum absolute atomic E-state index is 3.46. The average Bonchev–Trinajstić information content (AvgIpc) is 2.04. The SMILES string of the molecule is CCN(C)Cc1cccc(Br)c1. The van der Waals surface area contributed by atoms with Gasteiger partial charge in [-0.25, -0.2) is 0 Å². The van der Waals surface area contributed by atoms with Gasteiger partial charge in [-0.3, -0.25) is 0 Å². The first-order valence-electron chi connectivity index (χ1n) is 4.15. The van der Waals surface area contributed by atoms with Gasteiger partial charge >= 0.3 is 0 Å². The van der Waals surface area contributed by atoms with Gasteiger partial charge < -0.3 is 4.90 Å². The summed E-state index contributed by atoms with van der Waals surface area (Å²) in [5.41, 5.74) is 1.36. The van der Waals surface area contributed by atoms with Crippen LogP contribution >= 0.6 is 15.9 Å². The van der Waals surface area contributed by atoms with Gasteiger partial charge in [-0.15, -0.1) is 0 Å². The van der Waals surface area contributed by atoms with E-state index in [1.807, 2.05) is 0 Å². The minimum Gasteiger partial charge on any atom is -0.302 e. The van der Waals surface area contributed by atoms with Crippen LogP contribution in [0.1, 0.15) is 12.5 Å². The Kier molecular flexibility index (Phi) is 3.76. The van der Waals surface area contributed by atoms with E-state index in [4.69, 9.17) is 0 Å². The zero-order chi connectivity index (χ0) is 8.97. The van der Waals surface area contributed by atoms with E-state index in [0.29, 0.717) is 0 Å². The molecule has 0 amide bonds. The van der Waals surface area contributed by atoms with E-state index >= 15 is 0 Å². The Morgan fingerprint density at radius 1 is 1.42 bits per heavy atom. The average molecular weight is 228 g/mol. The van der Waals surface area contributed by atoms with Crippen molar-refractivity contribution in [3.8, 4) is 0 Å². The Balaban J connectivity index is 2.63. The van der Waals surface area contributed by atoms with E-state index in [9.17, 15) is 0 Å². The molecule has 0 aliphatic rings. The Labute approximate surface area is 82.5 Å². The Morgan fingerprint density at radius 2 is 2.17 bits per heavy atom. The molecular formula is C10H14BrN. The molecule has 0 aromatic heterocycles. The molecule has 12 heavy (non-hydrogen) atoms. The second-order valence-electron chi connectivity index (χ2n) is 2.96. The van der Waals surface area contributed by atoms with E-state index in [2.05, 4.69) is 59.1 Å². The first kappa shape index (κ1) is 9.75. The summed E-state index contributed by atoms with van der Waals surface area (Å²) in [4.78, 5) is 2.28. The molecule has 1 rings (SSSR count). The minimum absolute atomic E-state index is 1.02. The summed E-state index contributed by atoms with van der Waals surface area (Å²) in [6, 6.07) is 8.43. The standard InChI is InChI=1S/C10H14BrN/c1-3-12(2)8-9-5-4-6-10(11)7-9/h4-7H,3,8H2,1-2H3. The molecule has 0 N–H and O–H groups in total. The van der Waals surface area contributed by atoms with E-state index < -0.39 is 0 Å². The van der Waals surface area contributed by atoms with E-state index in [-0.39, 0.29) is 0 Å². The van der Waals surface area contributed by atoms with Crippen LogP contribution in [0.2, 0.25) is 0 Å². The van der Waals surface area contributed by atoms with Gasteiger partial charge in [0, 0.05) is 11.0 Å². The molecule has 0 atom stereocenters. The number of hydrogen-bond donors (Lipinski definition) is 0. The highest BCUT2D eigenvalue weighted by atomic mass is 79.9. The zero-order valence-electron chi connectivity index (χ0n) is 7.55. The first-order chi connectivity index (χ1) is 5.72. The normalized spacial score (nSPS) is 10.7. The van der Waals surface area contributed by atoms with Crippen molar-refractivity contribution in [1.29, 1.82) is 0 Å². The van der Waals surface area contributed by atoms with Crippen molar-refractivity contribution >= 4 is 15.9 Å². The summed E-state index contributed by atoms with van der Waals surface area (Å²) in [6.45, 7) is 4.28. The van der Waals surface area contributed by atoms with Gasteiger partial charge in [0.05, 0.1) is 0 Å². The van der Waals surface area contributed by atoms with Crippen LogP contribution in [-0.2, 0) is 6.54 Å². The molecule has 1 aromatic rings. The van der Waals surface area contributed by atoms with E-state index in [0.717, 1.165) is 17.6 Å². The van der Waals surface area contributed by atoms with Crippen molar-refractivity contribution in [3.63, 3.8) is 0 Å². The summed E-state index contributed by atoms with van der Waals surface area (Å²) in [5.74, 6) is 0. The van der Waals surface area contributed by atoms with Crippen molar-refractivity contribution in [2.24, 2.45) is 0 Å². The molecule has 66 valence electrons. The summed E-state index contributed by atoms with van der Waals surface area (Å²) in [7, 11) is 2.13. The molecule has 0 saturated carbocycles. The molecule has 0 fully saturated rings. The van der Waals surface area contributed by atoms with Crippen LogP contribution in [0.15, 0.2) is 28.7 Å². The predicted molar refractivity (Wildman–Crippen MR) is 56.2 cm³/mol. The lowest BCUT2D eigenvalue weighted by Gasteiger charge is -2.13. The first-order valence-corrected chi connectivity index (χ1v) is 4.94. The highest BCUT2D eigenvalue weighted by Crippen LogP contribution is 2.12. The maximum Gasteiger partial charge on any atom is 0.0230 e. The van der Waals surface area contributed by atoms with Gasteiger partial charge in [0.15, 0.2) is 0 Å². The summed E-state index contributed by atoms with van der Waals surface area (Å²) in [6.07, 6.45) is 0. The van der Waals surface area contributed by atoms with Crippen molar-refractivity contribution < 1.29 is 0 Å². The molecule has 0 radical (unpaired) electrons. The fraction of sp³-hybridized carbons (Fsp3) is 0.400. The lowest BCUT2D eigenvalue weighted by atomic mass is 10.2. The molecule has 0 heterocycles. The van der Waals surface area contributed by atoms with Crippen molar-refractivity contribution in [1.82, 2.24) is 4.90 Å². The molecule has 0 saturated heterocycles. The number of benzene rings is 1. The van der Waals surface area contributed by atoms with Crippen LogP contribution < -0.4 is 0 Å². The topological polar surface area (TPSA) is 3.24 Å². The molecule has 0 spiro atoms. The quantitative estimate of drug-likeness (QED) is 0.768. The second kappa shape index (κ2) is 4.63. The fourth-order valence-electron chi connectivity index (χ4n) is 1.06. The van der Waals surface area contributed by atoms with Gasteiger partial charge in [-0.2, -0.15) is 0 Å². The monoisotopic (exact) mass is 227 g/mol. The minimum atomic E-state index is 1.02. The van der Waals surface area contributed by atoms with Crippen molar-refractivity contribution in [2.45, 2.75) is 13.5 Å². The highest BCUT2D eigenvalue weighted by molar-refractivity contribution is 9.10. The van der Waals surface area contributed by atoms with Crippen LogP contribution in [-0.4, -0.2) is 18.5 Å². The molecule has 0 aliphatic carbocycles. The number of nitrogens with zero attached hydrogens (tertiary/aromatic N) is 1. The molecule has 0 aliphatic heterocycles. The van der Waals surface area contributed by atoms with Crippen LogP contribution in [0.25, 0.3) is 0 Å². The Hall–Kier alpha value is -0.340. The van der Waals surface area contributed by atoms with Gasteiger partial charge in [-0.05, 0) is 31.3 Å². The largest absolute Gasteiger partial charge is 0.302 e. The van der Waals surface area contributed by atoms with Gasteiger partial charge in [0.25, 0.3) is 0 Å². The zero-order valence-corrected chi connectivity index (χ0v) is 9.13. The molecule has 0 bridgehead atoms. The fourth-order valence-corrected chi connectivity index (χ4v) is 1.51. The van der Waals surface area contributed by atoms with Gasteiger partial charge in [0.1, 0.15) is 0 Å². The molecule has 2 heteroatoms. The molecular weight excluding hydrogens is 214 g/mol. The lowest BCUT2D eigenvalue weighted by molar-refractivity contribution is 0.346. The third-order valence-electron chi connectivity index (χ3n) is 1.88. The van der Waals surface area contributed by atoms with Crippen LogP contribution in [0.3, 0.4) is 0 Å². The highest BCUT2D eigenvalue weighted by Gasteiger charge is 1.97. The molecule has 0 unspecified atom stereocenters. The Morgan fingerprint density at radius 3 is 2.75 bits per heavy atom. The van der Waals surface area contributed by atoms with Crippen LogP contribution in [0.4, 0.5) is 0 Å². The van der Waals surface area contributed by atoms with Crippen molar-refractivity contribution in [2.75, 3.05) is 13.6 Å². The predicted octanol–water partition coefficient (Wildman–Crippen LogP) is 2.90. The summed E-state index contributed by atoms with van der Waals surface area (Å²) in [5, 5.41) is 0. The van der Waals surface area contributed by atoms with E-state index in [1.54, 1.807) is 0 Å². The van der Waals surface area contributed by atoms with Gasteiger partial charge in [0.2, 0.25) is 0 Å². The lowest BCUT2D eigenvalue weighted by Crippen LogP contribution is -2.16. The summed E-state index contributed by atoms with van der Waals surface area (Å²) < 4.78 is 1.16. The number of halogens is 1. The van der Waals surface area contributed by atoms with Gasteiger partial charge in [-0.1, -0.05) is 35.0 Å². The van der Waals surface area contributed by atoms with Crippen LogP contribution in [0.5, 0.6) is 0 Å². The number of rotatable bonds is 3. The Bertz CT molecular complexity index is 247. The van der Waals surface area contributed by atoms with Crippen molar-refractivity contribution in [3.05, 3.63) is 34.3 Å². The third-order valence-corrected chi connectivity index (χ3v) is 2.37.